The first kappa shape index (κ1) is 16.7. The van der Waals surface area contributed by atoms with Gasteiger partial charge in [0.25, 0.3) is 5.56 Å². The molecule has 2 heterocycles. The van der Waals surface area contributed by atoms with Crippen LogP contribution in [0, 0.1) is 5.82 Å². The van der Waals surface area contributed by atoms with Gasteiger partial charge < -0.3 is 0 Å². The first-order valence-electron chi connectivity index (χ1n) is 9.09. The maximum atomic E-state index is 13.2. The van der Waals surface area contributed by atoms with E-state index in [1.807, 2.05) is 28.8 Å². The van der Waals surface area contributed by atoms with E-state index in [0.717, 1.165) is 49.1 Å². The van der Waals surface area contributed by atoms with Crippen molar-refractivity contribution >= 4 is 10.9 Å². The lowest BCUT2D eigenvalue weighted by Gasteiger charge is -2.19. The molecule has 4 rings (SSSR count). The van der Waals surface area contributed by atoms with Crippen LogP contribution >= 0.6 is 0 Å². The highest BCUT2D eigenvalue weighted by Gasteiger charge is 2.21. The van der Waals surface area contributed by atoms with Crippen molar-refractivity contribution in [3.8, 4) is 11.1 Å². The number of hydrogen-bond donors (Lipinski definition) is 0. The Morgan fingerprint density at radius 3 is 2.69 bits per heavy atom. The van der Waals surface area contributed by atoms with E-state index in [-0.39, 0.29) is 17.4 Å². The van der Waals surface area contributed by atoms with Crippen molar-refractivity contribution in [2.24, 2.45) is 0 Å². The smallest absolute Gasteiger partial charge is 0.261 e. The van der Waals surface area contributed by atoms with Crippen LogP contribution in [0.1, 0.15) is 37.5 Å². The predicted octanol–water partition coefficient (Wildman–Crippen LogP) is 5.05. The highest BCUT2D eigenvalue weighted by molar-refractivity contribution is 5.83. The summed E-state index contributed by atoms with van der Waals surface area (Å²) in [6.07, 6.45) is 6.61. The molecule has 0 aliphatic carbocycles. The van der Waals surface area contributed by atoms with E-state index in [2.05, 4.69) is 6.58 Å². The van der Waals surface area contributed by atoms with Crippen LogP contribution in [0.5, 0.6) is 0 Å². The molecule has 1 atom stereocenters. The van der Waals surface area contributed by atoms with Crippen LogP contribution in [0.3, 0.4) is 0 Å². The molecule has 1 aliphatic rings. The van der Waals surface area contributed by atoms with Crippen LogP contribution in [-0.4, -0.2) is 9.55 Å². The predicted molar refractivity (Wildman–Crippen MR) is 103 cm³/mol. The van der Waals surface area contributed by atoms with Crippen LogP contribution in [0.2, 0.25) is 0 Å². The van der Waals surface area contributed by atoms with Gasteiger partial charge in [-0.05, 0) is 54.7 Å². The highest BCUT2D eigenvalue weighted by Crippen LogP contribution is 2.27. The average Bonchev–Trinajstić information content (AvgIpc) is 2.85. The minimum atomic E-state index is -0.260. The lowest BCUT2D eigenvalue weighted by molar-refractivity contribution is 0.454. The second kappa shape index (κ2) is 6.87. The number of allylic oxidation sites excluding steroid dienone is 1. The van der Waals surface area contributed by atoms with E-state index in [9.17, 15) is 9.18 Å². The molecule has 2 aromatic carbocycles. The summed E-state index contributed by atoms with van der Waals surface area (Å²) in [6.45, 7) is 3.84. The van der Waals surface area contributed by atoms with Crippen LogP contribution in [-0.2, 0) is 6.42 Å². The number of halogens is 1. The number of rotatable bonds is 3. The van der Waals surface area contributed by atoms with Crippen molar-refractivity contribution in [1.29, 1.82) is 0 Å². The van der Waals surface area contributed by atoms with Crippen molar-refractivity contribution in [2.45, 2.75) is 38.1 Å². The molecule has 132 valence electrons. The molecular formula is C22H21FN2O. The van der Waals surface area contributed by atoms with Gasteiger partial charge in [0, 0.05) is 12.5 Å². The van der Waals surface area contributed by atoms with E-state index in [1.165, 1.54) is 12.1 Å². The third-order valence-electron chi connectivity index (χ3n) is 5.14. The Morgan fingerprint density at radius 2 is 1.92 bits per heavy atom. The number of aryl methyl sites for hydroxylation is 1. The third kappa shape index (κ3) is 2.96. The van der Waals surface area contributed by atoms with Crippen LogP contribution in [0.4, 0.5) is 4.39 Å². The monoisotopic (exact) mass is 348 g/mol. The summed E-state index contributed by atoms with van der Waals surface area (Å²) >= 11 is 0. The number of fused-ring (bicyclic) bond motifs is 2. The van der Waals surface area contributed by atoms with Crippen LogP contribution in [0.15, 0.2) is 59.9 Å². The van der Waals surface area contributed by atoms with Crippen LogP contribution in [0.25, 0.3) is 22.0 Å². The van der Waals surface area contributed by atoms with Gasteiger partial charge >= 0.3 is 0 Å². The van der Waals surface area contributed by atoms with Crippen molar-refractivity contribution in [3.63, 3.8) is 0 Å². The van der Waals surface area contributed by atoms with Gasteiger partial charge in [-0.15, -0.1) is 6.58 Å². The average molecular weight is 348 g/mol. The van der Waals surface area contributed by atoms with Gasteiger partial charge in [-0.1, -0.05) is 30.7 Å². The van der Waals surface area contributed by atoms with Gasteiger partial charge in [0.15, 0.2) is 0 Å². The fraction of sp³-hybridized carbons (Fsp3) is 0.273. The van der Waals surface area contributed by atoms with Gasteiger partial charge in [0.05, 0.1) is 10.9 Å². The summed E-state index contributed by atoms with van der Waals surface area (Å²) in [4.78, 5) is 18.0. The Hall–Kier alpha value is -2.75. The summed E-state index contributed by atoms with van der Waals surface area (Å²) in [6, 6.07) is 12.2. The van der Waals surface area contributed by atoms with E-state index < -0.39 is 0 Å². The zero-order valence-electron chi connectivity index (χ0n) is 14.6. The lowest BCUT2D eigenvalue weighted by Crippen LogP contribution is -2.28. The number of aromatic nitrogens is 2. The molecule has 26 heavy (non-hydrogen) atoms. The molecule has 0 radical (unpaired) electrons. The summed E-state index contributed by atoms with van der Waals surface area (Å²) in [5, 5.41) is 0.635. The summed E-state index contributed by atoms with van der Waals surface area (Å²) in [5.41, 5.74) is 2.59. The summed E-state index contributed by atoms with van der Waals surface area (Å²) in [7, 11) is 0. The molecule has 0 N–H and O–H groups in total. The molecular weight excluding hydrogens is 327 g/mol. The molecule has 1 aromatic heterocycles. The Labute approximate surface area is 151 Å². The second-order valence-corrected chi connectivity index (χ2v) is 6.87. The van der Waals surface area contributed by atoms with Crippen molar-refractivity contribution in [3.05, 3.63) is 77.1 Å². The minimum absolute atomic E-state index is 0.0319. The molecule has 0 fully saturated rings. The van der Waals surface area contributed by atoms with E-state index >= 15 is 0 Å². The number of hydrogen-bond acceptors (Lipinski definition) is 2. The maximum absolute atomic E-state index is 13.2. The molecule has 0 saturated heterocycles. The molecule has 0 saturated carbocycles. The standard InChI is InChI=1S/C22H21FN2O/c1-2-5-18-6-3-4-7-21-24-20-14-16(15-8-11-17(23)12-9-15)10-13-19(20)22(26)25(18)21/h2,8-14,18H,1,3-7H2. The molecule has 1 aliphatic heterocycles. The largest absolute Gasteiger partial charge is 0.293 e. The maximum Gasteiger partial charge on any atom is 0.261 e. The fourth-order valence-corrected chi connectivity index (χ4v) is 3.83. The minimum Gasteiger partial charge on any atom is -0.293 e. The van der Waals surface area contributed by atoms with Gasteiger partial charge in [-0.25, -0.2) is 9.37 Å². The van der Waals surface area contributed by atoms with Crippen LogP contribution < -0.4 is 5.56 Å². The molecule has 0 spiro atoms. The van der Waals surface area contributed by atoms with Gasteiger partial charge in [-0.3, -0.25) is 9.36 Å². The Kier molecular flexibility index (Phi) is 4.41. The molecule has 3 nitrogen and oxygen atoms in total. The first-order valence-corrected chi connectivity index (χ1v) is 9.09. The first-order chi connectivity index (χ1) is 12.7. The molecule has 1 unspecified atom stereocenters. The third-order valence-corrected chi connectivity index (χ3v) is 5.14. The molecule has 0 amide bonds. The zero-order chi connectivity index (χ0) is 18.1. The topological polar surface area (TPSA) is 34.9 Å². The summed E-state index contributed by atoms with van der Waals surface area (Å²) < 4.78 is 15.1. The van der Waals surface area contributed by atoms with E-state index in [1.54, 1.807) is 12.1 Å². The Balaban J connectivity index is 1.88. The van der Waals surface area contributed by atoms with Crippen molar-refractivity contribution in [2.75, 3.05) is 0 Å². The molecule has 4 heteroatoms. The van der Waals surface area contributed by atoms with Crippen molar-refractivity contribution < 1.29 is 4.39 Å². The van der Waals surface area contributed by atoms with E-state index in [0.29, 0.717) is 10.9 Å². The number of benzene rings is 2. The van der Waals surface area contributed by atoms with Gasteiger partial charge in [0.1, 0.15) is 11.6 Å². The SMILES string of the molecule is C=CCC1CCCCc2nc3cc(-c4ccc(F)cc4)ccc3c(=O)n21. The highest BCUT2D eigenvalue weighted by atomic mass is 19.1. The zero-order valence-corrected chi connectivity index (χ0v) is 14.6. The molecule has 0 bridgehead atoms. The summed E-state index contributed by atoms with van der Waals surface area (Å²) in [5.74, 6) is 0.604. The van der Waals surface area contributed by atoms with E-state index in [4.69, 9.17) is 4.98 Å². The van der Waals surface area contributed by atoms with Crippen molar-refractivity contribution in [1.82, 2.24) is 9.55 Å². The quantitative estimate of drug-likeness (QED) is 0.621. The fourth-order valence-electron chi connectivity index (χ4n) is 3.83. The van der Waals surface area contributed by atoms with Gasteiger partial charge in [-0.2, -0.15) is 0 Å². The Morgan fingerprint density at radius 1 is 1.15 bits per heavy atom. The Bertz CT molecular complexity index is 1020. The second-order valence-electron chi connectivity index (χ2n) is 6.87. The normalized spacial score (nSPS) is 16.9. The number of nitrogens with zero attached hydrogens (tertiary/aromatic N) is 2. The molecule has 3 aromatic rings. The van der Waals surface area contributed by atoms with Gasteiger partial charge in [0.2, 0.25) is 0 Å². The lowest BCUT2D eigenvalue weighted by atomic mass is 10.0.